The molecule has 1 fully saturated rings. The molecule has 0 spiro atoms. The molecule has 1 saturated carbocycles. The van der Waals surface area contributed by atoms with Gasteiger partial charge in [-0.15, -0.1) is 0 Å². The Morgan fingerprint density at radius 1 is 1.21 bits per heavy atom. The summed E-state index contributed by atoms with van der Waals surface area (Å²) in [5.41, 5.74) is 4.45. The van der Waals surface area contributed by atoms with Gasteiger partial charge in [-0.25, -0.2) is 0 Å². The molecule has 1 aliphatic rings. The van der Waals surface area contributed by atoms with Gasteiger partial charge in [0.15, 0.2) is 0 Å². The molecule has 1 amide bonds. The second-order valence-electron chi connectivity index (χ2n) is 8.55. The number of amides is 1. The lowest BCUT2D eigenvalue weighted by Gasteiger charge is -2.19. The predicted molar refractivity (Wildman–Crippen MR) is 129 cm³/mol. The van der Waals surface area contributed by atoms with Crippen LogP contribution in [0.2, 0.25) is 0 Å². The maximum atomic E-state index is 13.2. The molecule has 1 aliphatic carbocycles. The van der Waals surface area contributed by atoms with Crippen molar-refractivity contribution in [1.29, 1.82) is 5.41 Å². The molecule has 2 aromatic rings. The van der Waals surface area contributed by atoms with E-state index in [0.717, 1.165) is 35.3 Å². The molecule has 0 unspecified atom stereocenters. The van der Waals surface area contributed by atoms with Crippen LogP contribution in [0, 0.1) is 19.3 Å². The molecule has 1 heterocycles. The Labute approximate surface area is 194 Å². The quantitative estimate of drug-likeness (QED) is 0.307. The minimum absolute atomic E-state index is 0.109. The number of hydrogen-bond donors (Lipinski definition) is 4. The SMILES string of the molecule is COCCOCc1cc(NC2CCCC2)c(C=N)c(C(=O)NCc2c(C)cc(C)[nH]c2=O)c1. The third kappa shape index (κ3) is 6.52. The van der Waals surface area contributed by atoms with Crippen LogP contribution in [0.5, 0.6) is 0 Å². The van der Waals surface area contributed by atoms with E-state index in [1.54, 1.807) is 13.2 Å². The van der Waals surface area contributed by atoms with Crippen molar-refractivity contribution in [2.45, 2.75) is 58.7 Å². The van der Waals surface area contributed by atoms with Gasteiger partial charge in [-0.1, -0.05) is 12.8 Å². The van der Waals surface area contributed by atoms with Gasteiger partial charge < -0.3 is 30.5 Å². The molecule has 1 aromatic carbocycles. The molecular weight excluding hydrogens is 420 g/mol. The zero-order valence-corrected chi connectivity index (χ0v) is 19.7. The molecule has 8 nitrogen and oxygen atoms in total. The number of H-pyrrole nitrogens is 1. The first-order valence-corrected chi connectivity index (χ1v) is 11.4. The van der Waals surface area contributed by atoms with Crippen LogP contribution in [0.3, 0.4) is 0 Å². The first-order valence-electron chi connectivity index (χ1n) is 11.4. The Morgan fingerprint density at radius 2 is 1.97 bits per heavy atom. The number of anilines is 1. The van der Waals surface area contributed by atoms with Gasteiger partial charge in [0, 0.05) is 48.4 Å². The molecule has 0 saturated heterocycles. The number of hydrogen-bond acceptors (Lipinski definition) is 6. The lowest BCUT2D eigenvalue weighted by atomic mass is 10.0. The van der Waals surface area contributed by atoms with Crippen LogP contribution < -0.4 is 16.2 Å². The van der Waals surface area contributed by atoms with E-state index in [0.29, 0.717) is 42.6 Å². The van der Waals surface area contributed by atoms with Gasteiger partial charge in [0.2, 0.25) is 0 Å². The fourth-order valence-electron chi connectivity index (χ4n) is 4.25. The number of methoxy groups -OCH3 is 1. The summed E-state index contributed by atoms with van der Waals surface area (Å²) in [5, 5.41) is 14.4. The molecule has 3 rings (SSSR count). The van der Waals surface area contributed by atoms with E-state index in [-0.39, 0.29) is 18.0 Å². The summed E-state index contributed by atoms with van der Waals surface area (Å²) in [5.74, 6) is -0.332. The van der Waals surface area contributed by atoms with Crippen molar-refractivity contribution in [1.82, 2.24) is 10.3 Å². The van der Waals surface area contributed by atoms with Crippen LogP contribution in [0.15, 0.2) is 23.0 Å². The van der Waals surface area contributed by atoms with E-state index in [4.69, 9.17) is 14.9 Å². The minimum atomic E-state index is -0.332. The van der Waals surface area contributed by atoms with Crippen molar-refractivity contribution in [2.24, 2.45) is 0 Å². The number of pyridine rings is 1. The van der Waals surface area contributed by atoms with Crippen LogP contribution >= 0.6 is 0 Å². The Balaban J connectivity index is 1.86. The Hall–Kier alpha value is -2.97. The lowest BCUT2D eigenvalue weighted by molar-refractivity contribution is 0.0616. The van der Waals surface area contributed by atoms with Crippen LogP contribution in [0.25, 0.3) is 0 Å². The Bertz CT molecular complexity index is 1040. The summed E-state index contributed by atoms with van der Waals surface area (Å²) in [4.78, 5) is 28.3. The van der Waals surface area contributed by atoms with E-state index in [1.807, 2.05) is 26.0 Å². The van der Waals surface area contributed by atoms with Crippen molar-refractivity contribution in [3.05, 3.63) is 62.1 Å². The van der Waals surface area contributed by atoms with Gasteiger partial charge in [-0.2, -0.15) is 0 Å². The van der Waals surface area contributed by atoms with Crippen LogP contribution in [0.1, 0.15) is 64.0 Å². The van der Waals surface area contributed by atoms with Crippen molar-refractivity contribution in [2.75, 3.05) is 25.6 Å². The second-order valence-corrected chi connectivity index (χ2v) is 8.55. The Kier molecular flexibility index (Phi) is 8.79. The summed E-state index contributed by atoms with van der Waals surface area (Å²) in [6.45, 7) is 5.06. The molecule has 1 aromatic heterocycles. The number of aryl methyl sites for hydroxylation is 2. The van der Waals surface area contributed by atoms with E-state index in [2.05, 4.69) is 15.6 Å². The largest absolute Gasteiger partial charge is 0.382 e. The highest BCUT2D eigenvalue weighted by atomic mass is 16.5. The third-order valence-corrected chi connectivity index (χ3v) is 5.96. The number of carbonyl (C=O) groups excluding carboxylic acids is 1. The number of aromatic amines is 1. The van der Waals surface area contributed by atoms with Crippen molar-refractivity contribution in [3.8, 4) is 0 Å². The molecule has 33 heavy (non-hydrogen) atoms. The van der Waals surface area contributed by atoms with E-state index >= 15 is 0 Å². The molecule has 0 radical (unpaired) electrons. The highest BCUT2D eigenvalue weighted by Crippen LogP contribution is 2.27. The van der Waals surface area contributed by atoms with Crippen LogP contribution in [0.4, 0.5) is 5.69 Å². The number of carbonyl (C=O) groups is 1. The number of ether oxygens (including phenoxy) is 2. The highest BCUT2D eigenvalue weighted by molar-refractivity contribution is 6.05. The molecule has 0 aliphatic heterocycles. The summed E-state index contributed by atoms with van der Waals surface area (Å²) in [6.07, 6.45) is 5.71. The van der Waals surface area contributed by atoms with Crippen molar-refractivity contribution < 1.29 is 14.3 Å². The number of benzene rings is 1. The first-order chi connectivity index (χ1) is 15.9. The second kappa shape index (κ2) is 11.8. The summed E-state index contributed by atoms with van der Waals surface area (Å²) in [6, 6.07) is 5.93. The lowest BCUT2D eigenvalue weighted by Crippen LogP contribution is -2.29. The molecular formula is C25H34N4O4. The standard InChI is InChI=1S/C25H34N4O4/c1-16-10-17(2)28-25(31)22(16)14-27-24(30)20-11-18(15-33-9-8-32-3)12-23(21(20)13-26)29-19-6-4-5-7-19/h10-13,19,26,29H,4-9,14-15H2,1-3H3,(H,27,30)(H,28,31). The van der Waals surface area contributed by atoms with Gasteiger partial charge in [-0.3, -0.25) is 9.59 Å². The van der Waals surface area contributed by atoms with E-state index in [9.17, 15) is 9.59 Å². The summed E-state index contributed by atoms with van der Waals surface area (Å²) < 4.78 is 10.7. The highest BCUT2D eigenvalue weighted by Gasteiger charge is 2.20. The van der Waals surface area contributed by atoms with Gasteiger partial charge in [0.1, 0.15) is 0 Å². The maximum Gasteiger partial charge on any atom is 0.253 e. The zero-order valence-electron chi connectivity index (χ0n) is 19.7. The van der Waals surface area contributed by atoms with Gasteiger partial charge in [0.25, 0.3) is 11.5 Å². The summed E-state index contributed by atoms with van der Waals surface area (Å²) in [7, 11) is 1.62. The zero-order chi connectivity index (χ0) is 23.8. The third-order valence-electron chi connectivity index (χ3n) is 5.96. The van der Waals surface area contributed by atoms with Crippen molar-refractivity contribution in [3.63, 3.8) is 0 Å². The predicted octanol–water partition coefficient (Wildman–Crippen LogP) is 3.44. The van der Waals surface area contributed by atoms with Crippen LogP contribution in [-0.4, -0.2) is 43.5 Å². The monoisotopic (exact) mass is 454 g/mol. The van der Waals surface area contributed by atoms with Crippen molar-refractivity contribution >= 4 is 17.8 Å². The average Bonchev–Trinajstić information content (AvgIpc) is 3.28. The molecule has 0 bridgehead atoms. The van der Waals surface area contributed by atoms with E-state index in [1.165, 1.54) is 19.1 Å². The Morgan fingerprint density at radius 3 is 2.64 bits per heavy atom. The summed E-state index contributed by atoms with van der Waals surface area (Å²) >= 11 is 0. The molecule has 8 heteroatoms. The molecule has 0 atom stereocenters. The van der Waals surface area contributed by atoms with Gasteiger partial charge in [0.05, 0.1) is 25.4 Å². The molecule has 4 N–H and O–H groups in total. The average molecular weight is 455 g/mol. The number of nitrogens with one attached hydrogen (secondary N) is 4. The van der Waals surface area contributed by atoms with E-state index < -0.39 is 0 Å². The first kappa shape index (κ1) is 24.7. The smallest absolute Gasteiger partial charge is 0.253 e. The van der Waals surface area contributed by atoms with Crippen LogP contribution in [-0.2, 0) is 22.6 Å². The number of aromatic nitrogens is 1. The maximum absolute atomic E-state index is 13.2. The number of rotatable bonds is 11. The minimum Gasteiger partial charge on any atom is -0.382 e. The normalized spacial score (nSPS) is 13.8. The molecule has 178 valence electrons. The van der Waals surface area contributed by atoms with Gasteiger partial charge >= 0.3 is 0 Å². The topological polar surface area (TPSA) is 116 Å². The fraction of sp³-hybridized carbons (Fsp3) is 0.480. The fourth-order valence-corrected chi connectivity index (χ4v) is 4.25. The van der Waals surface area contributed by atoms with Gasteiger partial charge in [-0.05, 0) is 56.0 Å².